The average Bonchev–Trinajstić information content (AvgIpc) is 2.01. The lowest BCUT2D eigenvalue weighted by atomic mass is 9.89. The van der Waals surface area contributed by atoms with E-state index in [9.17, 15) is 0 Å². The quantitative estimate of drug-likeness (QED) is 0.610. The van der Waals surface area contributed by atoms with Crippen molar-refractivity contribution in [2.45, 2.75) is 52.1 Å². The molecule has 0 aromatic heterocycles. The number of rotatable bonds is 3. The summed E-state index contributed by atoms with van der Waals surface area (Å²) in [4.78, 5) is 0. The molecule has 0 saturated heterocycles. The Balaban J connectivity index is 2.12. The molecular weight excluding hydrogens is 136 g/mol. The van der Waals surface area contributed by atoms with Crippen molar-refractivity contribution >= 4 is 0 Å². The maximum Gasteiger partial charge on any atom is 0.0577 e. The molecular formula is C10H20O. The van der Waals surface area contributed by atoms with Gasteiger partial charge in [-0.3, -0.25) is 0 Å². The summed E-state index contributed by atoms with van der Waals surface area (Å²) in [5.74, 6) is 0.894. The summed E-state index contributed by atoms with van der Waals surface area (Å²) in [6, 6.07) is 0. The van der Waals surface area contributed by atoms with Crippen molar-refractivity contribution in [3.63, 3.8) is 0 Å². The summed E-state index contributed by atoms with van der Waals surface area (Å²) >= 11 is 0. The van der Waals surface area contributed by atoms with Crippen molar-refractivity contribution in [3.8, 4) is 0 Å². The smallest absolute Gasteiger partial charge is 0.0577 e. The molecule has 1 aliphatic rings. The van der Waals surface area contributed by atoms with Crippen molar-refractivity contribution in [1.82, 2.24) is 0 Å². The largest absolute Gasteiger partial charge is 0.378 e. The molecule has 0 aromatic carbocycles. The summed E-state index contributed by atoms with van der Waals surface area (Å²) in [5, 5.41) is 0. The van der Waals surface area contributed by atoms with Crippen LogP contribution in [0.4, 0.5) is 0 Å². The second kappa shape index (κ2) is 4.76. The summed E-state index contributed by atoms with van der Waals surface area (Å²) < 4.78 is 5.70. The zero-order valence-electron chi connectivity index (χ0n) is 7.81. The second-order valence-corrected chi connectivity index (χ2v) is 3.76. The van der Waals surface area contributed by atoms with E-state index in [2.05, 4.69) is 13.8 Å². The van der Waals surface area contributed by atoms with Gasteiger partial charge in [-0.1, -0.05) is 26.7 Å². The zero-order valence-corrected chi connectivity index (χ0v) is 7.81. The first-order valence-corrected chi connectivity index (χ1v) is 4.94. The molecule has 11 heavy (non-hydrogen) atoms. The van der Waals surface area contributed by atoms with Crippen LogP contribution in [0.15, 0.2) is 0 Å². The molecule has 2 atom stereocenters. The van der Waals surface area contributed by atoms with Crippen LogP contribution in [0.25, 0.3) is 0 Å². The minimum absolute atomic E-state index is 0.582. The highest BCUT2D eigenvalue weighted by molar-refractivity contribution is 4.70. The van der Waals surface area contributed by atoms with Crippen LogP contribution in [0.3, 0.4) is 0 Å². The third kappa shape index (κ3) is 3.24. The van der Waals surface area contributed by atoms with Gasteiger partial charge in [-0.15, -0.1) is 0 Å². The lowest BCUT2D eigenvalue weighted by molar-refractivity contribution is 0.0160. The Kier molecular flexibility index (Phi) is 3.92. The Morgan fingerprint density at radius 1 is 1.36 bits per heavy atom. The van der Waals surface area contributed by atoms with E-state index in [-0.39, 0.29) is 0 Å². The van der Waals surface area contributed by atoms with Crippen molar-refractivity contribution in [3.05, 3.63) is 0 Å². The van der Waals surface area contributed by atoms with Gasteiger partial charge in [0.2, 0.25) is 0 Å². The Bertz CT molecular complexity index is 101. The van der Waals surface area contributed by atoms with Crippen LogP contribution in [-0.4, -0.2) is 12.7 Å². The molecule has 66 valence electrons. The van der Waals surface area contributed by atoms with E-state index in [1.165, 1.54) is 25.7 Å². The van der Waals surface area contributed by atoms with Crippen LogP contribution in [0.2, 0.25) is 0 Å². The summed E-state index contributed by atoms with van der Waals surface area (Å²) in [5.41, 5.74) is 0. The molecule has 0 aromatic rings. The Morgan fingerprint density at radius 3 is 2.82 bits per heavy atom. The van der Waals surface area contributed by atoms with Gasteiger partial charge in [0.25, 0.3) is 0 Å². The van der Waals surface area contributed by atoms with Gasteiger partial charge in [-0.25, -0.2) is 0 Å². The summed E-state index contributed by atoms with van der Waals surface area (Å²) in [7, 11) is 0. The highest BCUT2D eigenvalue weighted by Gasteiger charge is 2.18. The van der Waals surface area contributed by atoms with Crippen LogP contribution in [0, 0.1) is 5.92 Å². The van der Waals surface area contributed by atoms with Gasteiger partial charge in [-0.2, -0.15) is 0 Å². The van der Waals surface area contributed by atoms with Crippen LogP contribution in [0.5, 0.6) is 0 Å². The molecule has 0 heterocycles. The molecule has 0 bridgehead atoms. The first kappa shape index (κ1) is 9.05. The van der Waals surface area contributed by atoms with E-state index in [0.29, 0.717) is 6.10 Å². The predicted molar refractivity (Wildman–Crippen MR) is 47.7 cm³/mol. The van der Waals surface area contributed by atoms with Crippen LogP contribution < -0.4 is 0 Å². The Labute approximate surface area is 70.1 Å². The maximum absolute atomic E-state index is 5.70. The zero-order chi connectivity index (χ0) is 8.10. The van der Waals surface area contributed by atoms with Crippen molar-refractivity contribution < 1.29 is 4.74 Å². The normalized spacial score (nSPS) is 32.2. The fourth-order valence-corrected chi connectivity index (χ4v) is 1.81. The van der Waals surface area contributed by atoms with E-state index in [4.69, 9.17) is 4.74 Å². The van der Waals surface area contributed by atoms with Crippen LogP contribution in [0.1, 0.15) is 46.0 Å². The van der Waals surface area contributed by atoms with Crippen LogP contribution >= 0.6 is 0 Å². The molecule has 1 saturated carbocycles. The molecule has 1 heteroatoms. The van der Waals surface area contributed by atoms with Gasteiger partial charge in [0.05, 0.1) is 6.10 Å². The first-order chi connectivity index (χ1) is 5.33. The lowest BCUT2D eigenvalue weighted by Gasteiger charge is -2.26. The van der Waals surface area contributed by atoms with Gasteiger partial charge in [0.1, 0.15) is 0 Å². The molecule has 0 N–H and O–H groups in total. The molecule has 1 fully saturated rings. The van der Waals surface area contributed by atoms with Gasteiger partial charge in [0.15, 0.2) is 0 Å². The Hall–Kier alpha value is -0.0400. The van der Waals surface area contributed by atoms with E-state index >= 15 is 0 Å². The van der Waals surface area contributed by atoms with Crippen molar-refractivity contribution in [1.29, 1.82) is 0 Å². The van der Waals surface area contributed by atoms with Gasteiger partial charge < -0.3 is 4.74 Å². The number of ether oxygens (including phenoxy) is 1. The Morgan fingerprint density at radius 2 is 2.18 bits per heavy atom. The predicted octanol–water partition coefficient (Wildman–Crippen LogP) is 2.99. The highest BCUT2D eigenvalue weighted by Crippen LogP contribution is 2.25. The van der Waals surface area contributed by atoms with Crippen molar-refractivity contribution in [2.75, 3.05) is 6.61 Å². The fourth-order valence-electron chi connectivity index (χ4n) is 1.81. The third-order valence-corrected chi connectivity index (χ3v) is 2.45. The van der Waals surface area contributed by atoms with Gasteiger partial charge in [0, 0.05) is 6.61 Å². The van der Waals surface area contributed by atoms with E-state index in [1.54, 1.807) is 0 Å². The molecule has 0 spiro atoms. The van der Waals surface area contributed by atoms with Crippen molar-refractivity contribution in [2.24, 2.45) is 5.92 Å². The number of hydrogen-bond donors (Lipinski definition) is 0. The lowest BCUT2D eigenvalue weighted by Crippen LogP contribution is -2.21. The minimum atomic E-state index is 0.582. The SMILES string of the molecule is CCCO[C@H]1CCC[C@H](C)C1. The first-order valence-electron chi connectivity index (χ1n) is 4.94. The molecule has 1 aliphatic carbocycles. The second-order valence-electron chi connectivity index (χ2n) is 3.76. The van der Waals surface area contributed by atoms with E-state index in [1.807, 2.05) is 0 Å². The topological polar surface area (TPSA) is 9.23 Å². The van der Waals surface area contributed by atoms with E-state index in [0.717, 1.165) is 18.9 Å². The number of hydrogen-bond acceptors (Lipinski definition) is 1. The molecule has 1 rings (SSSR count). The van der Waals surface area contributed by atoms with E-state index < -0.39 is 0 Å². The third-order valence-electron chi connectivity index (χ3n) is 2.45. The average molecular weight is 156 g/mol. The standard InChI is InChI=1S/C10H20O/c1-3-7-11-10-6-4-5-9(2)8-10/h9-10H,3-8H2,1-2H3/t9-,10-/m0/s1. The highest BCUT2D eigenvalue weighted by atomic mass is 16.5. The molecule has 0 radical (unpaired) electrons. The molecule has 1 nitrogen and oxygen atoms in total. The molecule has 0 unspecified atom stereocenters. The monoisotopic (exact) mass is 156 g/mol. The van der Waals surface area contributed by atoms with Gasteiger partial charge in [-0.05, 0) is 25.2 Å². The van der Waals surface area contributed by atoms with Crippen LogP contribution in [-0.2, 0) is 4.74 Å². The summed E-state index contributed by atoms with van der Waals surface area (Å²) in [6.45, 7) is 5.46. The maximum atomic E-state index is 5.70. The molecule has 0 aliphatic heterocycles. The molecule has 0 amide bonds. The van der Waals surface area contributed by atoms with Gasteiger partial charge >= 0.3 is 0 Å². The fraction of sp³-hybridized carbons (Fsp3) is 1.00. The minimum Gasteiger partial charge on any atom is -0.378 e. The summed E-state index contributed by atoms with van der Waals surface area (Å²) in [6.07, 6.45) is 7.11.